The molecule has 2 heterocycles. The molecule has 2 rings (SSSR count). The van der Waals surface area contributed by atoms with Gasteiger partial charge >= 0.3 is 0 Å². The number of amides is 1. The summed E-state index contributed by atoms with van der Waals surface area (Å²) in [5, 5.41) is 3.87. The van der Waals surface area contributed by atoms with Gasteiger partial charge in [-0.1, -0.05) is 24.9 Å². The minimum absolute atomic E-state index is 0.0135. The van der Waals surface area contributed by atoms with E-state index >= 15 is 0 Å². The minimum atomic E-state index is 0.0135. The first-order chi connectivity index (χ1) is 9.72. The van der Waals surface area contributed by atoms with E-state index in [0.29, 0.717) is 16.6 Å². The third-order valence-electron chi connectivity index (χ3n) is 3.67. The van der Waals surface area contributed by atoms with Crippen LogP contribution in [0.3, 0.4) is 0 Å². The van der Waals surface area contributed by atoms with Gasteiger partial charge in [-0.15, -0.1) is 0 Å². The second-order valence-electron chi connectivity index (χ2n) is 5.25. The molecular formula is C15H22ClN3O. The molecule has 0 aliphatic carbocycles. The number of nitrogens with one attached hydrogen (secondary N) is 1. The van der Waals surface area contributed by atoms with E-state index in [1.54, 1.807) is 12.3 Å². The fraction of sp³-hybridized carbons (Fsp3) is 0.600. The molecule has 1 saturated heterocycles. The van der Waals surface area contributed by atoms with Gasteiger partial charge in [0.25, 0.3) is 5.91 Å². The molecule has 0 aromatic carbocycles. The standard InChI is InChI=1S/C15H22ClN3O/c1-2-3-9-19(11-12-5-4-7-18-12)15(20)13-6-8-17-10-14(13)16/h6,8,10,12,18H,2-5,7,9,11H2,1H3. The number of carbonyl (C=O) groups excluding carboxylic acids is 1. The van der Waals surface area contributed by atoms with E-state index in [1.165, 1.54) is 12.6 Å². The second kappa shape index (κ2) is 7.60. The van der Waals surface area contributed by atoms with Crippen molar-refractivity contribution in [3.8, 4) is 0 Å². The molecule has 20 heavy (non-hydrogen) atoms. The maximum Gasteiger partial charge on any atom is 0.255 e. The van der Waals surface area contributed by atoms with Crippen molar-refractivity contribution in [1.82, 2.24) is 15.2 Å². The lowest BCUT2D eigenvalue weighted by Crippen LogP contribution is -2.41. The van der Waals surface area contributed by atoms with E-state index in [1.807, 2.05) is 4.90 Å². The highest BCUT2D eigenvalue weighted by Gasteiger charge is 2.23. The molecule has 0 radical (unpaired) electrons. The summed E-state index contributed by atoms with van der Waals surface area (Å²) in [5.41, 5.74) is 0.552. The Bertz CT molecular complexity index is 446. The molecule has 1 unspecified atom stereocenters. The number of halogens is 1. The lowest BCUT2D eigenvalue weighted by atomic mass is 10.1. The van der Waals surface area contributed by atoms with Gasteiger partial charge in [0.2, 0.25) is 0 Å². The Hall–Kier alpha value is -1.13. The van der Waals surface area contributed by atoms with Gasteiger partial charge in [0.15, 0.2) is 0 Å². The maximum atomic E-state index is 12.6. The maximum absolute atomic E-state index is 12.6. The molecule has 0 bridgehead atoms. The van der Waals surface area contributed by atoms with Crippen LogP contribution in [0.1, 0.15) is 43.0 Å². The predicted molar refractivity (Wildman–Crippen MR) is 81.1 cm³/mol. The van der Waals surface area contributed by atoms with E-state index in [9.17, 15) is 4.79 Å². The van der Waals surface area contributed by atoms with Gasteiger partial charge in [0.1, 0.15) is 0 Å². The van der Waals surface area contributed by atoms with Gasteiger partial charge in [-0.3, -0.25) is 9.78 Å². The van der Waals surface area contributed by atoms with Crippen LogP contribution >= 0.6 is 11.6 Å². The summed E-state index contributed by atoms with van der Waals surface area (Å²) in [4.78, 5) is 18.5. The van der Waals surface area contributed by atoms with E-state index in [4.69, 9.17) is 11.6 Å². The van der Waals surface area contributed by atoms with Crippen molar-refractivity contribution in [3.05, 3.63) is 29.0 Å². The van der Waals surface area contributed by atoms with Crippen LogP contribution in [-0.4, -0.2) is 41.5 Å². The first-order valence-corrected chi connectivity index (χ1v) is 7.72. The Kier molecular flexibility index (Phi) is 5.80. The van der Waals surface area contributed by atoms with Crippen molar-refractivity contribution in [2.45, 2.75) is 38.6 Å². The van der Waals surface area contributed by atoms with Crippen molar-refractivity contribution >= 4 is 17.5 Å². The van der Waals surface area contributed by atoms with Gasteiger partial charge in [-0.05, 0) is 31.9 Å². The fourth-order valence-electron chi connectivity index (χ4n) is 2.52. The highest BCUT2D eigenvalue weighted by Crippen LogP contribution is 2.17. The summed E-state index contributed by atoms with van der Waals surface area (Å²) >= 11 is 6.09. The monoisotopic (exact) mass is 295 g/mol. The Morgan fingerprint density at radius 3 is 3.10 bits per heavy atom. The molecule has 110 valence electrons. The lowest BCUT2D eigenvalue weighted by Gasteiger charge is -2.26. The number of unbranched alkanes of at least 4 members (excludes halogenated alkanes) is 1. The second-order valence-corrected chi connectivity index (χ2v) is 5.66. The number of aromatic nitrogens is 1. The summed E-state index contributed by atoms with van der Waals surface area (Å²) in [6, 6.07) is 2.11. The van der Waals surface area contributed by atoms with E-state index in [2.05, 4.69) is 17.2 Å². The number of rotatable bonds is 6. The quantitative estimate of drug-likeness (QED) is 0.878. The number of pyridine rings is 1. The lowest BCUT2D eigenvalue weighted by molar-refractivity contribution is 0.0739. The molecule has 1 fully saturated rings. The van der Waals surface area contributed by atoms with E-state index < -0.39 is 0 Å². The SMILES string of the molecule is CCCCN(CC1CCCN1)C(=O)c1ccncc1Cl. The number of hydrogen-bond donors (Lipinski definition) is 1. The van der Waals surface area contributed by atoms with E-state index in [0.717, 1.165) is 38.9 Å². The van der Waals surface area contributed by atoms with Crippen LogP contribution in [0.2, 0.25) is 5.02 Å². The van der Waals surface area contributed by atoms with Crippen LogP contribution in [0.15, 0.2) is 18.5 Å². The van der Waals surface area contributed by atoms with E-state index in [-0.39, 0.29) is 5.91 Å². The molecule has 1 atom stereocenters. The van der Waals surface area contributed by atoms with Crippen LogP contribution in [0.25, 0.3) is 0 Å². The minimum Gasteiger partial charge on any atom is -0.337 e. The Morgan fingerprint density at radius 2 is 2.45 bits per heavy atom. The molecular weight excluding hydrogens is 274 g/mol. The fourth-order valence-corrected chi connectivity index (χ4v) is 2.72. The molecule has 5 heteroatoms. The molecule has 0 spiro atoms. The zero-order valence-corrected chi connectivity index (χ0v) is 12.7. The van der Waals surface area contributed by atoms with Crippen LogP contribution in [0.4, 0.5) is 0 Å². The molecule has 1 aliphatic heterocycles. The molecule has 4 nitrogen and oxygen atoms in total. The zero-order valence-electron chi connectivity index (χ0n) is 11.9. The van der Waals surface area contributed by atoms with Crippen molar-refractivity contribution in [3.63, 3.8) is 0 Å². The predicted octanol–water partition coefficient (Wildman–Crippen LogP) is 2.73. The summed E-state index contributed by atoms with van der Waals surface area (Å²) in [5.74, 6) is 0.0135. The molecule has 0 saturated carbocycles. The molecule has 1 amide bonds. The van der Waals surface area contributed by atoms with Crippen molar-refractivity contribution < 1.29 is 4.79 Å². The van der Waals surface area contributed by atoms with Crippen LogP contribution in [0, 0.1) is 0 Å². The third kappa shape index (κ3) is 3.93. The highest BCUT2D eigenvalue weighted by molar-refractivity contribution is 6.33. The third-order valence-corrected chi connectivity index (χ3v) is 3.98. The van der Waals surface area contributed by atoms with Crippen LogP contribution in [0.5, 0.6) is 0 Å². The highest BCUT2D eigenvalue weighted by atomic mass is 35.5. The van der Waals surface area contributed by atoms with Gasteiger partial charge in [0, 0.05) is 31.5 Å². The summed E-state index contributed by atoms with van der Waals surface area (Å²) in [6.45, 7) is 4.73. The Morgan fingerprint density at radius 1 is 1.60 bits per heavy atom. The summed E-state index contributed by atoms with van der Waals surface area (Å²) in [6.07, 6.45) is 7.56. The molecule has 1 aliphatic rings. The van der Waals surface area contributed by atoms with Crippen molar-refractivity contribution in [2.75, 3.05) is 19.6 Å². The Balaban J connectivity index is 2.08. The molecule has 1 N–H and O–H groups in total. The largest absolute Gasteiger partial charge is 0.337 e. The Labute approximate surface area is 125 Å². The number of nitrogens with zero attached hydrogens (tertiary/aromatic N) is 2. The van der Waals surface area contributed by atoms with Gasteiger partial charge in [-0.2, -0.15) is 0 Å². The van der Waals surface area contributed by atoms with Crippen LogP contribution < -0.4 is 5.32 Å². The first-order valence-electron chi connectivity index (χ1n) is 7.34. The van der Waals surface area contributed by atoms with Gasteiger partial charge in [0.05, 0.1) is 10.6 Å². The molecule has 1 aromatic heterocycles. The summed E-state index contributed by atoms with van der Waals surface area (Å²) in [7, 11) is 0. The topological polar surface area (TPSA) is 45.2 Å². The van der Waals surface area contributed by atoms with Crippen LogP contribution in [-0.2, 0) is 0 Å². The first kappa shape index (κ1) is 15.3. The van der Waals surface area contributed by atoms with Crippen molar-refractivity contribution in [1.29, 1.82) is 0 Å². The molecule has 1 aromatic rings. The average molecular weight is 296 g/mol. The van der Waals surface area contributed by atoms with Gasteiger partial charge < -0.3 is 10.2 Å². The van der Waals surface area contributed by atoms with Gasteiger partial charge in [-0.25, -0.2) is 0 Å². The zero-order chi connectivity index (χ0) is 14.4. The smallest absolute Gasteiger partial charge is 0.255 e. The normalized spacial score (nSPS) is 18.2. The van der Waals surface area contributed by atoms with Crippen molar-refractivity contribution in [2.24, 2.45) is 0 Å². The number of carbonyl (C=O) groups is 1. The average Bonchev–Trinajstić information content (AvgIpc) is 2.96. The summed E-state index contributed by atoms with van der Waals surface area (Å²) < 4.78 is 0. The number of hydrogen-bond acceptors (Lipinski definition) is 3.